The summed E-state index contributed by atoms with van der Waals surface area (Å²) in [5.41, 5.74) is 9.29. The number of aryl methyl sites for hydroxylation is 2. The summed E-state index contributed by atoms with van der Waals surface area (Å²) in [5, 5.41) is 9.07. The number of rotatable bonds is 5. The summed E-state index contributed by atoms with van der Waals surface area (Å²) in [6.45, 7) is 11.3. The second-order valence-electron chi connectivity index (χ2n) is 8.31. The molecule has 0 radical (unpaired) electrons. The van der Waals surface area contributed by atoms with Gasteiger partial charge in [-0.1, -0.05) is 54.1 Å². The SMILES string of the molecule is [C-]#[N+]C(C#N)=Nc1ccc(-c2ccc(N(c3ccc(C)cc3)c3ccc(C)cc3)cc2)c2nsnc12. The molecule has 0 aliphatic rings. The molecule has 0 amide bonds. The fourth-order valence-corrected chi connectivity index (χ4v) is 4.56. The average molecular weight is 485 g/mol. The zero-order valence-corrected chi connectivity index (χ0v) is 20.5. The van der Waals surface area contributed by atoms with E-state index >= 15 is 0 Å². The molecule has 0 atom stereocenters. The second-order valence-corrected chi connectivity index (χ2v) is 8.83. The van der Waals surface area contributed by atoms with Crippen LogP contribution in [0.2, 0.25) is 0 Å². The van der Waals surface area contributed by atoms with Gasteiger partial charge in [0.1, 0.15) is 11.6 Å². The zero-order chi connectivity index (χ0) is 25.1. The van der Waals surface area contributed by atoms with Gasteiger partial charge in [-0.2, -0.15) is 8.75 Å². The van der Waals surface area contributed by atoms with Crippen molar-refractivity contribution in [3.63, 3.8) is 0 Å². The molecule has 4 aromatic carbocycles. The summed E-state index contributed by atoms with van der Waals surface area (Å²) in [7, 11) is 0. The Hall–Kier alpha value is -4.85. The monoisotopic (exact) mass is 484 g/mol. The third-order valence-corrected chi connectivity index (χ3v) is 6.38. The largest absolute Gasteiger partial charge is 0.351 e. The zero-order valence-electron chi connectivity index (χ0n) is 19.7. The maximum atomic E-state index is 9.07. The number of hydrogen-bond donors (Lipinski definition) is 0. The van der Waals surface area contributed by atoms with Gasteiger partial charge in [0, 0.05) is 22.6 Å². The van der Waals surface area contributed by atoms with Crippen LogP contribution in [0.15, 0.2) is 89.9 Å². The summed E-state index contributed by atoms with van der Waals surface area (Å²) >= 11 is 1.09. The Morgan fingerprint density at radius 3 is 1.86 bits per heavy atom. The number of hydrogen-bond acceptors (Lipinski definition) is 6. The van der Waals surface area contributed by atoms with E-state index in [0.717, 1.165) is 39.9 Å². The van der Waals surface area contributed by atoms with E-state index in [0.29, 0.717) is 16.7 Å². The molecule has 0 aliphatic carbocycles. The molecule has 7 heteroatoms. The normalized spacial score (nSPS) is 11.2. The summed E-state index contributed by atoms with van der Waals surface area (Å²) in [4.78, 5) is 9.53. The van der Waals surface area contributed by atoms with Gasteiger partial charge in [0.15, 0.2) is 11.2 Å². The van der Waals surface area contributed by atoms with Crippen molar-refractivity contribution in [1.29, 1.82) is 5.26 Å². The van der Waals surface area contributed by atoms with Crippen molar-refractivity contribution in [2.24, 2.45) is 4.99 Å². The fraction of sp³-hybridized carbons (Fsp3) is 0.0690. The van der Waals surface area contributed by atoms with Gasteiger partial charge < -0.3 is 9.74 Å². The highest BCUT2D eigenvalue weighted by atomic mass is 32.1. The van der Waals surface area contributed by atoms with Crippen LogP contribution >= 0.6 is 11.7 Å². The van der Waals surface area contributed by atoms with Gasteiger partial charge in [-0.25, -0.2) is 5.26 Å². The van der Waals surface area contributed by atoms with E-state index < -0.39 is 0 Å². The van der Waals surface area contributed by atoms with Crippen molar-refractivity contribution in [1.82, 2.24) is 8.75 Å². The first-order valence-electron chi connectivity index (χ1n) is 11.2. The molecule has 0 spiro atoms. The summed E-state index contributed by atoms with van der Waals surface area (Å²) < 4.78 is 8.84. The first kappa shape index (κ1) is 22.9. The summed E-state index contributed by atoms with van der Waals surface area (Å²) in [6, 6.07) is 30.8. The van der Waals surface area contributed by atoms with Crippen LogP contribution in [0, 0.1) is 31.8 Å². The molecule has 0 unspecified atom stereocenters. The molecule has 5 rings (SSSR count). The van der Waals surface area contributed by atoms with Crippen molar-refractivity contribution in [2.45, 2.75) is 13.8 Å². The Morgan fingerprint density at radius 2 is 1.33 bits per heavy atom. The third kappa shape index (κ3) is 4.44. The number of fused-ring (bicyclic) bond motifs is 1. The fourth-order valence-electron chi connectivity index (χ4n) is 3.99. The number of nitriles is 1. The highest BCUT2D eigenvalue weighted by molar-refractivity contribution is 7.00. The number of anilines is 3. The lowest BCUT2D eigenvalue weighted by Gasteiger charge is -2.26. The van der Waals surface area contributed by atoms with E-state index in [-0.39, 0.29) is 5.84 Å². The van der Waals surface area contributed by atoms with E-state index in [1.807, 2.05) is 6.07 Å². The van der Waals surface area contributed by atoms with Crippen molar-refractivity contribution in [3.8, 4) is 17.2 Å². The molecule has 0 fully saturated rings. The van der Waals surface area contributed by atoms with Gasteiger partial charge in [-0.05, 0) is 67.9 Å². The van der Waals surface area contributed by atoms with Gasteiger partial charge >= 0.3 is 5.84 Å². The maximum absolute atomic E-state index is 9.07. The number of aromatic nitrogens is 2. The van der Waals surface area contributed by atoms with Crippen LogP contribution in [-0.2, 0) is 0 Å². The lowest BCUT2D eigenvalue weighted by Crippen LogP contribution is -2.09. The molecule has 172 valence electrons. The molecule has 0 bridgehead atoms. The Kier molecular flexibility index (Phi) is 6.23. The first-order valence-corrected chi connectivity index (χ1v) is 12.0. The van der Waals surface area contributed by atoms with Gasteiger partial charge in [0.05, 0.1) is 11.7 Å². The topological polar surface area (TPSA) is 69.5 Å². The van der Waals surface area contributed by atoms with Crippen LogP contribution in [-0.4, -0.2) is 14.6 Å². The summed E-state index contributed by atoms with van der Waals surface area (Å²) in [5.74, 6) is -0.228. The van der Waals surface area contributed by atoms with Gasteiger partial charge in [-0.15, -0.1) is 4.99 Å². The molecular formula is C29H20N6S. The van der Waals surface area contributed by atoms with Crippen molar-refractivity contribution in [2.75, 3.05) is 4.90 Å². The Morgan fingerprint density at radius 1 is 0.806 bits per heavy atom. The molecule has 1 aromatic heterocycles. The molecule has 5 aromatic rings. The minimum atomic E-state index is -0.228. The van der Waals surface area contributed by atoms with Crippen molar-refractivity contribution < 1.29 is 0 Å². The minimum Gasteiger partial charge on any atom is -0.351 e. The highest BCUT2D eigenvalue weighted by Gasteiger charge is 2.16. The van der Waals surface area contributed by atoms with Crippen molar-refractivity contribution in [3.05, 3.63) is 107 Å². The first-order chi connectivity index (χ1) is 17.6. The maximum Gasteiger partial charge on any atom is 0.349 e. The van der Waals surface area contributed by atoms with Gasteiger partial charge in [-0.3, -0.25) is 0 Å². The van der Waals surface area contributed by atoms with E-state index in [1.54, 1.807) is 12.1 Å². The number of aliphatic imine (C=N–C) groups is 1. The van der Waals surface area contributed by atoms with E-state index in [2.05, 4.69) is 110 Å². The minimum absolute atomic E-state index is 0.228. The molecule has 0 saturated carbocycles. The van der Waals surface area contributed by atoms with Crippen LogP contribution in [0.1, 0.15) is 11.1 Å². The van der Waals surface area contributed by atoms with Gasteiger partial charge in [0.25, 0.3) is 0 Å². The predicted molar refractivity (Wildman–Crippen MR) is 146 cm³/mol. The average Bonchev–Trinajstić information content (AvgIpc) is 3.41. The van der Waals surface area contributed by atoms with Crippen LogP contribution in [0.3, 0.4) is 0 Å². The molecule has 1 heterocycles. The molecule has 0 aliphatic heterocycles. The lowest BCUT2D eigenvalue weighted by molar-refractivity contribution is 1.27. The van der Waals surface area contributed by atoms with Crippen LogP contribution in [0.25, 0.3) is 27.0 Å². The molecule has 0 saturated heterocycles. The van der Waals surface area contributed by atoms with E-state index in [9.17, 15) is 0 Å². The molecular weight excluding hydrogens is 464 g/mol. The van der Waals surface area contributed by atoms with Crippen molar-refractivity contribution >= 4 is 51.3 Å². The smallest absolute Gasteiger partial charge is 0.349 e. The van der Waals surface area contributed by atoms with Crippen LogP contribution < -0.4 is 4.90 Å². The van der Waals surface area contributed by atoms with E-state index in [1.165, 1.54) is 11.1 Å². The third-order valence-electron chi connectivity index (χ3n) is 5.85. The second kappa shape index (κ2) is 9.79. The van der Waals surface area contributed by atoms with E-state index in [4.69, 9.17) is 11.8 Å². The summed E-state index contributed by atoms with van der Waals surface area (Å²) in [6.07, 6.45) is 0. The quantitative estimate of drug-likeness (QED) is 0.144. The predicted octanol–water partition coefficient (Wildman–Crippen LogP) is 7.92. The standard InChI is InChI=1S/C29H20N6S/c1-19-4-10-22(11-5-19)35(23-12-6-20(2)7-13-23)24-14-8-21(9-15-24)25-16-17-26(32-27(18-30)31-3)29-28(25)33-36-34-29/h4-17H,1-2H3. The number of nitrogens with zero attached hydrogens (tertiary/aromatic N) is 6. The highest BCUT2D eigenvalue weighted by Crippen LogP contribution is 2.38. The van der Waals surface area contributed by atoms with Crippen LogP contribution in [0.5, 0.6) is 0 Å². The molecule has 6 nitrogen and oxygen atoms in total. The lowest BCUT2D eigenvalue weighted by atomic mass is 10.0. The van der Waals surface area contributed by atoms with Crippen LogP contribution in [0.4, 0.5) is 22.7 Å². The Bertz CT molecular complexity index is 1590. The van der Waals surface area contributed by atoms with Gasteiger partial charge in [0.2, 0.25) is 0 Å². The number of benzene rings is 4. The Balaban J connectivity index is 1.56. The molecule has 0 N–H and O–H groups in total. The Labute approximate surface area is 213 Å². The number of amidine groups is 1. The molecule has 36 heavy (non-hydrogen) atoms.